The molecule has 2 aromatic rings. The van der Waals surface area contributed by atoms with Gasteiger partial charge in [0.05, 0.1) is 6.04 Å². The molecule has 0 aliphatic rings. The number of hydrogen-bond acceptors (Lipinski definition) is 2. The summed E-state index contributed by atoms with van der Waals surface area (Å²) in [5.74, 6) is 0. The van der Waals surface area contributed by atoms with Crippen molar-refractivity contribution in [2.75, 3.05) is 13.1 Å². The van der Waals surface area contributed by atoms with Gasteiger partial charge in [0.1, 0.15) is 0 Å². The van der Waals surface area contributed by atoms with Gasteiger partial charge in [-0.2, -0.15) is 0 Å². The van der Waals surface area contributed by atoms with E-state index >= 15 is 0 Å². The first-order valence-corrected chi connectivity index (χ1v) is 7.28. The quantitative estimate of drug-likeness (QED) is 0.789. The minimum Gasteiger partial charge on any atom is -0.330 e. The SMILES string of the molecule is Cc1ccc(C(NCCCN)c2ccccc2)c(C)c1. The molecule has 20 heavy (non-hydrogen) atoms. The predicted octanol–water partition coefficient (Wildman–Crippen LogP) is 3.33. The molecule has 106 valence electrons. The Labute approximate surface area is 122 Å². The van der Waals surface area contributed by atoms with Gasteiger partial charge in [-0.25, -0.2) is 0 Å². The van der Waals surface area contributed by atoms with E-state index in [1.807, 2.05) is 0 Å². The molecule has 0 spiro atoms. The van der Waals surface area contributed by atoms with E-state index in [0.717, 1.165) is 19.5 Å². The van der Waals surface area contributed by atoms with Crippen molar-refractivity contribution >= 4 is 0 Å². The van der Waals surface area contributed by atoms with Crippen LogP contribution >= 0.6 is 0 Å². The van der Waals surface area contributed by atoms with Crippen molar-refractivity contribution in [2.24, 2.45) is 5.73 Å². The van der Waals surface area contributed by atoms with E-state index in [-0.39, 0.29) is 6.04 Å². The molecule has 0 aliphatic heterocycles. The number of hydrogen-bond donors (Lipinski definition) is 2. The Hall–Kier alpha value is -1.64. The van der Waals surface area contributed by atoms with Gasteiger partial charge >= 0.3 is 0 Å². The summed E-state index contributed by atoms with van der Waals surface area (Å²) in [4.78, 5) is 0. The molecule has 2 nitrogen and oxygen atoms in total. The maximum atomic E-state index is 5.60. The van der Waals surface area contributed by atoms with Gasteiger partial charge in [-0.15, -0.1) is 0 Å². The summed E-state index contributed by atoms with van der Waals surface area (Å²) in [6.07, 6.45) is 0.994. The molecule has 0 radical (unpaired) electrons. The number of nitrogens with two attached hydrogens (primary N) is 1. The highest BCUT2D eigenvalue weighted by atomic mass is 14.9. The number of aryl methyl sites for hydroxylation is 2. The van der Waals surface area contributed by atoms with Gasteiger partial charge in [-0.05, 0) is 50.0 Å². The highest BCUT2D eigenvalue weighted by Gasteiger charge is 2.15. The fourth-order valence-electron chi connectivity index (χ4n) is 2.55. The third-order valence-corrected chi connectivity index (χ3v) is 3.60. The van der Waals surface area contributed by atoms with Crippen molar-refractivity contribution in [3.63, 3.8) is 0 Å². The summed E-state index contributed by atoms with van der Waals surface area (Å²) in [5.41, 5.74) is 10.9. The van der Waals surface area contributed by atoms with Crippen molar-refractivity contribution in [3.8, 4) is 0 Å². The number of nitrogens with one attached hydrogen (secondary N) is 1. The molecule has 2 rings (SSSR count). The van der Waals surface area contributed by atoms with Crippen LogP contribution in [0.5, 0.6) is 0 Å². The molecule has 2 heteroatoms. The molecule has 3 N–H and O–H groups in total. The third-order valence-electron chi connectivity index (χ3n) is 3.60. The molecule has 1 unspecified atom stereocenters. The average Bonchev–Trinajstić information content (AvgIpc) is 2.46. The van der Waals surface area contributed by atoms with Crippen LogP contribution in [0.4, 0.5) is 0 Å². The van der Waals surface area contributed by atoms with E-state index in [2.05, 4.69) is 67.7 Å². The lowest BCUT2D eigenvalue weighted by Crippen LogP contribution is -2.25. The molecule has 0 aliphatic carbocycles. The molecular weight excluding hydrogens is 244 g/mol. The van der Waals surface area contributed by atoms with Crippen LogP contribution in [0.2, 0.25) is 0 Å². The lowest BCUT2D eigenvalue weighted by Gasteiger charge is -2.22. The Balaban J connectivity index is 2.30. The lowest BCUT2D eigenvalue weighted by atomic mass is 9.94. The molecule has 0 bridgehead atoms. The zero-order valence-corrected chi connectivity index (χ0v) is 12.4. The Bertz CT molecular complexity index is 534. The zero-order valence-electron chi connectivity index (χ0n) is 12.4. The van der Waals surface area contributed by atoms with Crippen LogP contribution < -0.4 is 11.1 Å². The molecule has 0 fully saturated rings. The molecule has 0 heterocycles. The monoisotopic (exact) mass is 268 g/mol. The van der Waals surface area contributed by atoms with E-state index < -0.39 is 0 Å². The van der Waals surface area contributed by atoms with Gasteiger partial charge in [0, 0.05) is 0 Å². The Morgan fingerprint density at radius 2 is 1.80 bits per heavy atom. The van der Waals surface area contributed by atoms with Crippen LogP contribution in [0.3, 0.4) is 0 Å². The van der Waals surface area contributed by atoms with Crippen LogP contribution in [-0.4, -0.2) is 13.1 Å². The van der Waals surface area contributed by atoms with Crippen LogP contribution in [-0.2, 0) is 0 Å². The van der Waals surface area contributed by atoms with Gasteiger partial charge in [0.15, 0.2) is 0 Å². The van der Waals surface area contributed by atoms with Gasteiger partial charge in [-0.1, -0.05) is 54.1 Å². The second kappa shape index (κ2) is 7.22. The van der Waals surface area contributed by atoms with Crippen molar-refractivity contribution < 1.29 is 0 Å². The maximum absolute atomic E-state index is 5.60. The van der Waals surface area contributed by atoms with Crippen molar-refractivity contribution in [1.29, 1.82) is 0 Å². The predicted molar refractivity (Wildman–Crippen MR) is 85.9 cm³/mol. The highest BCUT2D eigenvalue weighted by Crippen LogP contribution is 2.25. The van der Waals surface area contributed by atoms with Gasteiger partial charge in [0.25, 0.3) is 0 Å². The van der Waals surface area contributed by atoms with Crippen LogP contribution in [0.25, 0.3) is 0 Å². The van der Waals surface area contributed by atoms with Crippen molar-refractivity contribution in [2.45, 2.75) is 26.3 Å². The second-order valence-electron chi connectivity index (χ2n) is 5.30. The Morgan fingerprint density at radius 3 is 2.45 bits per heavy atom. The van der Waals surface area contributed by atoms with Crippen LogP contribution in [0.15, 0.2) is 48.5 Å². The normalized spacial score (nSPS) is 12.3. The van der Waals surface area contributed by atoms with E-state index in [0.29, 0.717) is 0 Å². The summed E-state index contributed by atoms with van der Waals surface area (Å²) in [6, 6.07) is 17.5. The maximum Gasteiger partial charge on any atom is 0.0579 e. The zero-order chi connectivity index (χ0) is 14.4. The highest BCUT2D eigenvalue weighted by molar-refractivity contribution is 5.38. The Morgan fingerprint density at radius 1 is 1.05 bits per heavy atom. The first kappa shape index (κ1) is 14.8. The summed E-state index contributed by atoms with van der Waals surface area (Å²) in [6.45, 7) is 5.98. The topological polar surface area (TPSA) is 38.0 Å². The third kappa shape index (κ3) is 3.69. The summed E-state index contributed by atoms with van der Waals surface area (Å²) in [5, 5.41) is 3.63. The minimum atomic E-state index is 0.239. The summed E-state index contributed by atoms with van der Waals surface area (Å²) >= 11 is 0. The number of benzene rings is 2. The molecule has 0 saturated carbocycles. The molecule has 1 atom stereocenters. The summed E-state index contributed by atoms with van der Waals surface area (Å²) < 4.78 is 0. The molecule has 0 amide bonds. The standard InChI is InChI=1S/C18H24N2/c1-14-9-10-17(15(2)13-14)18(20-12-6-11-19)16-7-4-3-5-8-16/h3-5,7-10,13,18,20H,6,11-12,19H2,1-2H3. The average molecular weight is 268 g/mol. The van der Waals surface area contributed by atoms with Gasteiger partial charge < -0.3 is 11.1 Å². The van der Waals surface area contributed by atoms with E-state index in [1.54, 1.807) is 0 Å². The lowest BCUT2D eigenvalue weighted by molar-refractivity contribution is 0.585. The molecule has 2 aromatic carbocycles. The van der Waals surface area contributed by atoms with Crippen molar-refractivity contribution in [3.05, 3.63) is 70.8 Å². The van der Waals surface area contributed by atoms with Crippen molar-refractivity contribution in [1.82, 2.24) is 5.32 Å². The number of rotatable bonds is 6. The largest absolute Gasteiger partial charge is 0.330 e. The minimum absolute atomic E-state index is 0.239. The second-order valence-corrected chi connectivity index (χ2v) is 5.30. The first-order chi connectivity index (χ1) is 9.72. The van der Waals surface area contributed by atoms with E-state index in [9.17, 15) is 0 Å². The van der Waals surface area contributed by atoms with Gasteiger partial charge in [0.2, 0.25) is 0 Å². The first-order valence-electron chi connectivity index (χ1n) is 7.28. The molecule has 0 aromatic heterocycles. The summed E-state index contributed by atoms with van der Waals surface area (Å²) in [7, 11) is 0. The van der Waals surface area contributed by atoms with E-state index in [4.69, 9.17) is 5.73 Å². The van der Waals surface area contributed by atoms with Gasteiger partial charge in [-0.3, -0.25) is 0 Å². The van der Waals surface area contributed by atoms with Crippen LogP contribution in [0.1, 0.15) is 34.7 Å². The fourth-order valence-corrected chi connectivity index (χ4v) is 2.55. The molecule has 0 saturated heterocycles. The molecular formula is C18H24N2. The van der Waals surface area contributed by atoms with E-state index in [1.165, 1.54) is 22.3 Å². The smallest absolute Gasteiger partial charge is 0.0579 e. The fraction of sp³-hybridized carbons (Fsp3) is 0.333. The van der Waals surface area contributed by atoms with Crippen LogP contribution in [0, 0.1) is 13.8 Å². The Kier molecular flexibility index (Phi) is 5.33.